The van der Waals surface area contributed by atoms with Crippen LogP contribution < -0.4 is 4.90 Å². The first-order valence-electron chi connectivity index (χ1n) is 7.99. The minimum absolute atomic E-state index is 0.868. The number of anilines is 1. The number of benzene rings is 2. The van der Waals surface area contributed by atoms with E-state index in [-0.39, 0.29) is 0 Å². The summed E-state index contributed by atoms with van der Waals surface area (Å²) in [6.07, 6.45) is 0. The van der Waals surface area contributed by atoms with Crippen molar-refractivity contribution in [1.82, 2.24) is 4.90 Å². The molecule has 2 aromatic carbocycles. The highest BCUT2D eigenvalue weighted by molar-refractivity contribution is 5.88. The van der Waals surface area contributed by atoms with Gasteiger partial charge in [-0.05, 0) is 24.6 Å². The van der Waals surface area contributed by atoms with Crippen molar-refractivity contribution >= 4 is 11.5 Å². The van der Waals surface area contributed by atoms with Crippen LogP contribution in [0.3, 0.4) is 0 Å². The average Bonchev–Trinajstić information content (AvgIpc) is 3.03. The summed E-state index contributed by atoms with van der Waals surface area (Å²) < 4.78 is 0. The Morgan fingerprint density at radius 3 is 2.32 bits per heavy atom. The highest BCUT2D eigenvalue weighted by Crippen LogP contribution is 2.18. The smallest absolute Gasteiger partial charge is 0.119 e. The minimum Gasteiger partial charge on any atom is -0.360 e. The predicted octanol–water partition coefficient (Wildman–Crippen LogP) is 3.43. The monoisotopic (exact) mass is 293 g/mol. The second kappa shape index (κ2) is 7.12. The molecule has 114 valence electrons. The molecule has 0 aliphatic carbocycles. The molecule has 1 aliphatic heterocycles. The highest BCUT2D eigenvalue weighted by Gasteiger charge is 2.18. The number of nitrogens with zero attached hydrogens (tertiary/aromatic N) is 3. The zero-order valence-electron chi connectivity index (χ0n) is 13.2. The van der Waals surface area contributed by atoms with Gasteiger partial charge in [0.25, 0.3) is 0 Å². The summed E-state index contributed by atoms with van der Waals surface area (Å²) in [5.41, 5.74) is 2.57. The number of hydrogen-bond acceptors (Lipinski definition) is 3. The summed E-state index contributed by atoms with van der Waals surface area (Å²) in [7, 11) is 0. The summed E-state index contributed by atoms with van der Waals surface area (Å²) in [4.78, 5) is 9.48. The Hall–Kier alpha value is -2.29. The van der Waals surface area contributed by atoms with Gasteiger partial charge in [-0.25, -0.2) is 0 Å². The highest BCUT2D eigenvalue weighted by atomic mass is 15.3. The van der Waals surface area contributed by atoms with Crippen molar-refractivity contribution in [3.05, 3.63) is 66.2 Å². The minimum atomic E-state index is 0.868. The largest absolute Gasteiger partial charge is 0.360 e. The van der Waals surface area contributed by atoms with Crippen molar-refractivity contribution < 1.29 is 0 Å². The quantitative estimate of drug-likeness (QED) is 0.812. The summed E-state index contributed by atoms with van der Waals surface area (Å²) >= 11 is 0. The van der Waals surface area contributed by atoms with Crippen LogP contribution >= 0.6 is 0 Å². The normalized spacial score (nSPS) is 14.0. The second-order valence-electron chi connectivity index (χ2n) is 5.55. The van der Waals surface area contributed by atoms with Crippen LogP contribution in [0.5, 0.6) is 0 Å². The van der Waals surface area contributed by atoms with E-state index < -0.39 is 0 Å². The molecule has 0 radical (unpaired) electrons. The van der Waals surface area contributed by atoms with Crippen LogP contribution in [0, 0.1) is 0 Å². The van der Waals surface area contributed by atoms with E-state index in [4.69, 9.17) is 4.99 Å². The molecule has 0 spiro atoms. The van der Waals surface area contributed by atoms with Gasteiger partial charge in [0.2, 0.25) is 0 Å². The Balaban J connectivity index is 1.80. The topological polar surface area (TPSA) is 18.8 Å². The number of likely N-dealkylation sites (N-methyl/N-ethyl adjacent to an activating group) is 1. The van der Waals surface area contributed by atoms with E-state index >= 15 is 0 Å². The SMILES string of the molecule is CCN1CCN=C1CN(Cc1ccccc1)c1ccccc1. The van der Waals surface area contributed by atoms with Crippen LogP contribution in [0.2, 0.25) is 0 Å². The van der Waals surface area contributed by atoms with Crippen LogP contribution in [-0.2, 0) is 6.54 Å². The fourth-order valence-corrected chi connectivity index (χ4v) is 2.87. The van der Waals surface area contributed by atoms with Gasteiger partial charge in [0.1, 0.15) is 5.84 Å². The van der Waals surface area contributed by atoms with E-state index in [0.717, 1.165) is 32.7 Å². The van der Waals surface area contributed by atoms with E-state index in [1.807, 2.05) is 0 Å². The van der Waals surface area contributed by atoms with Crippen molar-refractivity contribution in [2.75, 3.05) is 31.1 Å². The standard InChI is InChI=1S/C19H23N3/c1-2-21-14-13-20-19(21)16-22(18-11-7-4-8-12-18)15-17-9-5-3-6-10-17/h3-12H,2,13-16H2,1H3. The van der Waals surface area contributed by atoms with Crippen molar-refractivity contribution in [2.45, 2.75) is 13.5 Å². The van der Waals surface area contributed by atoms with Gasteiger partial charge >= 0.3 is 0 Å². The first-order valence-corrected chi connectivity index (χ1v) is 7.99. The number of rotatable bonds is 6. The molecule has 0 aromatic heterocycles. The summed E-state index contributed by atoms with van der Waals surface area (Å²) in [5.74, 6) is 1.21. The van der Waals surface area contributed by atoms with Crippen LogP contribution in [0.15, 0.2) is 65.7 Å². The van der Waals surface area contributed by atoms with E-state index in [9.17, 15) is 0 Å². The Morgan fingerprint density at radius 1 is 0.955 bits per heavy atom. The lowest BCUT2D eigenvalue weighted by atomic mass is 10.2. The first-order chi connectivity index (χ1) is 10.9. The predicted molar refractivity (Wildman–Crippen MR) is 93.5 cm³/mol. The molecule has 0 bridgehead atoms. The van der Waals surface area contributed by atoms with Crippen molar-refractivity contribution in [3.63, 3.8) is 0 Å². The lowest BCUT2D eigenvalue weighted by Crippen LogP contribution is -2.38. The Morgan fingerprint density at radius 2 is 1.64 bits per heavy atom. The van der Waals surface area contributed by atoms with Crippen LogP contribution in [0.25, 0.3) is 0 Å². The molecule has 3 heteroatoms. The molecule has 22 heavy (non-hydrogen) atoms. The van der Waals surface area contributed by atoms with Crippen LogP contribution in [0.4, 0.5) is 5.69 Å². The molecule has 2 aromatic rings. The summed E-state index contributed by atoms with van der Waals surface area (Å²) in [6.45, 7) is 6.99. The molecule has 3 nitrogen and oxygen atoms in total. The molecule has 0 unspecified atom stereocenters. The molecule has 0 N–H and O–H groups in total. The lowest BCUT2D eigenvalue weighted by molar-refractivity contribution is 0.476. The summed E-state index contributed by atoms with van der Waals surface area (Å²) in [5, 5.41) is 0. The number of amidine groups is 1. The van der Waals surface area contributed by atoms with Gasteiger partial charge in [0.15, 0.2) is 0 Å². The van der Waals surface area contributed by atoms with Crippen molar-refractivity contribution in [1.29, 1.82) is 0 Å². The number of hydrogen-bond donors (Lipinski definition) is 0. The Labute approximate surface area is 132 Å². The van der Waals surface area contributed by atoms with Gasteiger partial charge in [0, 0.05) is 25.3 Å². The molecular weight excluding hydrogens is 270 g/mol. The van der Waals surface area contributed by atoms with Gasteiger partial charge in [-0.1, -0.05) is 48.5 Å². The molecule has 0 saturated carbocycles. The third-order valence-corrected chi connectivity index (χ3v) is 4.08. The zero-order chi connectivity index (χ0) is 15.2. The zero-order valence-corrected chi connectivity index (χ0v) is 13.2. The molecular formula is C19H23N3. The Bertz CT molecular complexity index is 607. The van der Waals surface area contributed by atoms with Gasteiger partial charge in [-0.3, -0.25) is 4.99 Å². The Kier molecular flexibility index (Phi) is 4.74. The molecule has 1 aliphatic rings. The second-order valence-corrected chi connectivity index (χ2v) is 5.55. The molecule has 3 rings (SSSR count). The van der Waals surface area contributed by atoms with Crippen LogP contribution in [0.1, 0.15) is 12.5 Å². The van der Waals surface area contributed by atoms with Gasteiger partial charge in [0.05, 0.1) is 13.1 Å². The molecule has 0 fully saturated rings. The average molecular weight is 293 g/mol. The van der Waals surface area contributed by atoms with E-state index in [0.29, 0.717) is 0 Å². The maximum atomic E-state index is 4.70. The van der Waals surface area contributed by atoms with Crippen molar-refractivity contribution in [2.24, 2.45) is 4.99 Å². The van der Waals surface area contributed by atoms with Crippen LogP contribution in [-0.4, -0.2) is 36.9 Å². The third-order valence-electron chi connectivity index (χ3n) is 4.08. The maximum Gasteiger partial charge on any atom is 0.119 e. The fourth-order valence-electron chi connectivity index (χ4n) is 2.87. The lowest BCUT2D eigenvalue weighted by Gasteiger charge is -2.28. The van der Waals surface area contributed by atoms with Gasteiger partial charge < -0.3 is 9.80 Å². The van der Waals surface area contributed by atoms with Gasteiger partial charge in [-0.15, -0.1) is 0 Å². The third kappa shape index (κ3) is 3.48. The maximum absolute atomic E-state index is 4.70. The van der Waals surface area contributed by atoms with E-state index in [1.54, 1.807) is 0 Å². The number of aliphatic imine (C=N–C) groups is 1. The van der Waals surface area contributed by atoms with E-state index in [2.05, 4.69) is 77.4 Å². The fraction of sp³-hybridized carbons (Fsp3) is 0.316. The molecule has 0 atom stereocenters. The number of para-hydroxylation sites is 1. The van der Waals surface area contributed by atoms with E-state index in [1.165, 1.54) is 17.1 Å². The van der Waals surface area contributed by atoms with Gasteiger partial charge in [-0.2, -0.15) is 0 Å². The molecule has 0 saturated heterocycles. The first kappa shape index (κ1) is 14.6. The molecule has 1 heterocycles. The van der Waals surface area contributed by atoms with Crippen molar-refractivity contribution in [3.8, 4) is 0 Å². The summed E-state index contributed by atoms with van der Waals surface area (Å²) in [6, 6.07) is 21.2. The molecule has 0 amide bonds.